The van der Waals surface area contributed by atoms with E-state index >= 15 is 0 Å². The molecule has 0 aliphatic heterocycles. The molecule has 1 rings (SSSR count). The first-order chi connectivity index (χ1) is 6.72. The summed E-state index contributed by atoms with van der Waals surface area (Å²) < 4.78 is 5.58. The van der Waals surface area contributed by atoms with Crippen molar-refractivity contribution in [3.63, 3.8) is 0 Å². The number of methoxy groups -OCH3 is 1. The SMILES string of the molecule is COC(=O)CCSCc1ncc(Br)s1. The van der Waals surface area contributed by atoms with E-state index in [1.54, 1.807) is 29.3 Å². The monoisotopic (exact) mass is 295 g/mol. The molecule has 1 aromatic rings. The number of thiazole rings is 1. The Morgan fingerprint density at radius 3 is 3.14 bits per heavy atom. The molecule has 1 heterocycles. The van der Waals surface area contributed by atoms with Crippen molar-refractivity contribution in [1.82, 2.24) is 4.98 Å². The Kier molecular flexibility index (Phi) is 5.50. The quantitative estimate of drug-likeness (QED) is 0.618. The van der Waals surface area contributed by atoms with Crippen LogP contribution in [0.3, 0.4) is 0 Å². The number of hydrogen-bond acceptors (Lipinski definition) is 5. The molecule has 14 heavy (non-hydrogen) atoms. The summed E-state index contributed by atoms with van der Waals surface area (Å²) in [4.78, 5) is 15.0. The molecule has 0 fully saturated rings. The number of rotatable bonds is 5. The third kappa shape index (κ3) is 4.43. The maximum atomic E-state index is 10.8. The van der Waals surface area contributed by atoms with Crippen LogP contribution in [0.1, 0.15) is 11.4 Å². The average molecular weight is 296 g/mol. The van der Waals surface area contributed by atoms with Crippen molar-refractivity contribution in [3.8, 4) is 0 Å². The van der Waals surface area contributed by atoms with Crippen LogP contribution in [0.25, 0.3) is 0 Å². The van der Waals surface area contributed by atoms with Crippen LogP contribution in [-0.2, 0) is 15.3 Å². The summed E-state index contributed by atoms with van der Waals surface area (Å²) in [7, 11) is 1.41. The molecule has 3 nitrogen and oxygen atoms in total. The van der Waals surface area contributed by atoms with Crippen LogP contribution >= 0.6 is 39.0 Å². The summed E-state index contributed by atoms with van der Waals surface area (Å²) in [5, 5.41) is 1.08. The van der Waals surface area contributed by atoms with Crippen molar-refractivity contribution in [2.24, 2.45) is 0 Å². The molecule has 0 aromatic carbocycles. The second-order valence-corrected chi connectivity index (χ2v) is 6.04. The van der Waals surface area contributed by atoms with Crippen molar-refractivity contribution in [2.75, 3.05) is 12.9 Å². The smallest absolute Gasteiger partial charge is 0.306 e. The van der Waals surface area contributed by atoms with Crippen LogP contribution in [0, 0.1) is 0 Å². The molecule has 0 amide bonds. The van der Waals surface area contributed by atoms with Gasteiger partial charge in [-0.25, -0.2) is 4.98 Å². The Bertz CT molecular complexity index is 303. The second kappa shape index (κ2) is 6.42. The summed E-state index contributed by atoms with van der Waals surface area (Å²) in [6, 6.07) is 0. The molecule has 0 saturated heterocycles. The first kappa shape index (κ1) is 12.0. The molecule has 0 unspecified atom stereocenters. The highest BCUT2D eigenvalue weighted by molar-refractivity contribution is 9.11. The van der Waals surface area contributed by atoms with E-state index in [4.69, 9.17) is 0 Å². The predicted octanol–water partition coefficient (Wildman–Crippen LogP) is 2.70. The number of hydrogen-bond donors (Lipinski definition) is 0. The molecule has 0 saturated carbocycles. The standard InChI is InChI=1S/C8H10BrNO2S2/c1-12-8(11)2-3-13-5-7-10-4-6(9)14-7/h4H,2-3,5H2,1H3. The minimum Gasteiger partial charge on any atom is -0.469 e. The number of nitrogens with zero attached hydrogens (tertiary/aromatic N) is 1. The Morgan fingerprint density at radius 1 is 1.79 bits per heavy atom. The first-order valence-electron chi connectivity index (χ1n) is 3.97. The van der Waals surface area contributed by atoms with Crippen LogP contribution < -0.4 is 0 Å². The van der Waals surface area contributed by atoms with Gasteiger partial charge in [0.1, 0.15) is 5.01 Å². The van der Waals surface area contributed by atoms with Crippen molar-refractivity contribution in [1.29, 1.82) is 0 Å². The Morgan fingerprint density at radius 2 is 2.57 bits per heavy atom. The van der Waals surface area contributed by atoms with Crippen LogP contribution in [0.15, 0.2) is 9.98 Å². The van der Waals surface area contributed by atoms with E-state index in [1.807, 2.05) is 0 Å². The van der Waals surface area contributed by atoms with Crippen molar-refractivity contribution >= 4 is 45.0 Å². The maximum Gasteiger partial charge on any atom is 0.306 e. The molecule has 1 aromatic heterocycles. The van der Waals surface area contributed by atoms with Crippen LogP contribution in [0.4, 0.5) is 0 Å². The Hall–Kier alpha value is -0.0700. The number of esters is 1. The van der Waals surface area contributed by atoms with Gasteiger partial charge in [0.2, 0.25) is 0 Å². The molecule has 6 heteroatoms. The fraction of sp³-hybridized carbons (Fsp3) is 0.500. The van der Waals surface area contributed by atoms with Gasteiger partial charge in [-0.1, -0.05) is 0 Å². The van der Waals surface area contributed by atoms with Gasteiger partial charge >= 0.3 is 5.97 Å². The highest BCUT2D eigenvalue weighted by atomic mass is 79.9. The molecule has 0 aliphatic rings. The lowest BCUT2D eigenvalue weighted by atomic mass is 10.5. The topological polar surface area (TPSA) is 39.2 Å². The molecule has 78 valence electrons. The number of carbonyl (C=O) groups is 1. The zero-order valence-electron chi connectivity index (χ0n) is 7.66. The van der Waals surface area contributed by atoms with E-state index < -0.39 is 0 Å². The van der Waals surface area contributed by atoms with Crippen LogP contribution in [-0.4, -0.2) is 23.8 Å². The van der Waals surface area contributed by atoms with Gasteiger partial charge in [-0.2, -0.15) is 11.8 Å². The van der Waals surface area contributed by atoms with Crippen molar-refractivity contribution < 1.29 is 9.53 Å². The van der Waals surface area contributed by atoms with E-state index in [0.29, 0.717) is 6.42 Å². The molecule has 0 N–H and O–H groups in total. The largest absolute Gasteiger partial charge is 0.469 e. The van der Waals surface area contributed by atoms with Gasteiger partial charge in [0.25, 0.3) is 0 Å². The fourth-order valence-electron chi connectivity index (χ4n) is 0.772. The summed E-state index contributed by atoms with van der Waals surface area (Å²) in [6.07, 6.45) is 2.26. The third-order valence-corrected chi connectivity index (χ3v) is 4.06. The van der Waals surface area contributed by atoms with Gasteiger partial charge in [-0.15, -0.1) is 11.3 Å². The van der Waals surface area contributed by atoms with Gasteiger partial charge in [0.15, 0.2) is 0 Å². The fourth-order valence-corrected chi connectivity index (χ4v) is 3.06. The minimum atomic E-state index is -0.155. The van der Waals surface area contributed by atoms with E-state index in [-0.39, 0.29) is 5.97 Å². The van der Waals surface area contributed by atoms with E-state index in [9.17, 15) is 4.79 Å². The normalized spacial score (nSPS) is 10.1. The lowest BCUT2D eigenvalue weighted by Gasteiger charge is -1.97. The summed E-state index contributed by atoms with van der Waals surface area (Å²) in [6.45, 7) is 0. The number of ether oxygens (including phenoxy) is 1. The van der Waals surface area contributed by atoms with E-state index in [2.05, 4.69) is 25.7 Å². The van der Waals surface area contributed by atoms with Gasteiger partial charge in [-0.05, 0) is 15.9 Å². The second-order valence-electron chi connectivity index (χ2n) is 2.44. The maximum absolute atomic E-state index is 10.8. The summed E-state index contributed by atoms with van der Waals surface area (Å²) >= 11 is 6.66. The molecule has 0 radical (unpaired) electrons. The molecular weight excluding hydrogens is 286 g/mol. The number of aromatic nitrogens is 1. The highest BCUT2D eigenvalue weighted by Gasteiger charge is 2.02. The van der Waals surface area contributed by atoms with Crippen molar-refractivity contribution in [3.05, 3.63) is 15.0 Å². The molecule has 0 bridgehead atoms. The number of thioether (sulfide) groups is 1. The Labute approximate surface area is 99.4 Å². The van der Waals surface area contributed by atoms with Gasteiger partial charge in [0.05, 0.1) is 23.5 Å². The lowest BCUT2D eigenvalue weighted by molar-refractivity contribution is -0.140. The average Bonchev–Trinajstić information content (AvgIpc) is 2.58. The molecule has 0 atom stereocenters. The van der Waals surface area contributed by atoms with Crippen molar-refractivity contribution in [2.45, 2.75) is 12.2 Å². The van der Waals surface area contributed by atoms with Gasteiger partial charge in [0, 0.05) is 11.5 Å². The number of carbonyl (C=O) groups excluding carboxylic acids is 1. The first-order valence-corrected chi connectivity index (χ1v) is 6.73. The Balaban J connectivity index is 2.13. The van der Waals surface area contributed by atoms with Gasteiger partial charge in [-0.3, -0.25) is 4.79 Å². The highest BCUT2D eigenvalue weighted by Crippen LogP contribution is 2.22. The van der Waals surface area contributed by atoms with Crippen LogP contribution in [0.2, 0.25) is 0 Å². The zero-order chi connectivity index (χ0) is 10.4. The van der Waals surface area contributed by atoms with E-state index in [1.165, 1.54) is 7.11 Å². The molecule has 0 spiro atoms. The minimum absolute atomic E-state index is 0.155. The lowest BCUT2D eigenvalue weighted by Crippen LogP contribution is -2.01. The summed E-state index contributed by atoms with van der Waals surface area (Å²) in [5.74, 6) is 1.48. The van der Waals surface area contributed by atoms with Crippen LogP contribution in [0.5, 0.6) is 0 Å². The van der Waals surface area contributed by atoms with E-state index in [0.717, 1.165) is 20.3 Å². The molecule has 0 aliphatic carbocycles. The summed E-state index contributed by atoms with van der Waals surface area (Å²) in [5.41, 5.74) is 0. The third-order valence-electron chi connectivity index (χ3n) is 1.43. The molecular formula is C8H10BrNO2S2. The van der Waals surface area contributed by atoms with Gasteiger partial charge < -0.3 is 4.74 Å². The zero-order valence-corrected chi connectivity index (χ0v) is 10.9. The number of halogens is 1. The predicted molar refractivity (Wildman–Crippen MR) is 62.6 cm³/mol.